The van der Waals surface area contributed by atoms with Crippen LogP contribution in [0.3, 0.4) is 0 Å². The lowest BCUT2D eigenvalue weighted by Crippen LogP contribution is -2.44. The number of nitrogens with two attached hydrogens (primary N) is 1. The average Bonchev–Trinajstić information content (AvgIpc) is 2.62. The van der Waals surface area contributed by atoms with Gasteiger partial charge in [-0.1, -0.05) is 6.07 Å². The van der Waals surface area contributed by atoms with E-state index < -0.39 is 0 Å². The van der Waals surface area contributed by atoms with Gasteiger partial charge in [0.05, 0.1) is 6.10 Å². The van der Waals surface area contributed by atoms with Crippen molar-refractivity contribution in [1.29, 1.82) is 5.41 Å². The van der Waals surface area contributed by atoms with Crippen molar-refractivity contribution in [2.75, 3.05) is 0 Å². The van der Waals surface area contributed by atoms with Crippen LogP contribution in [0.2, 0.25) is 0 Å². The molecule has 19 heavy (non-hydrogen) atoms. The molecule has 3 heterocycles. The summed E-state index contributed by atoms with van der Waals surface area (Å²) in [5.74, 6) is 0.0278. The summed E-state index contributed by atoms with van der Waals surface area (Å²) < 4.78 is 0. The number of hydrogen-bond acceptors (Lipinski definition) is 4. The predicted molar refractivity (Wildman–Crippen MR) is 72.8 cm³/mol. The van der Waals surface area contributed by atoms with E-state index in [2.05, 4.69) is 9.88 Å². The van der Waals surface area contributed by atoms with E-state index >= 15 is 0 Å². The fraction of sp³-hybridized carbons (Fsp3) is 0.571. The van der Waals surface area contributed by atoms with Gasteiger partial charge in [0, 0.05) is 24.8 Å². The van der Waals surface area contributed by atoms with Gasteiger partial charge in [0.15, 0.2) is 0 Å². The van der Waals surface area contributed by atoms with Crippen molar-refractivity contribution in [2.24, 2.45) is 5.73 Å². The zero-order valence-corrected chi connectivity index (χ0v) is 10.9. The quantitative estimate of drug-likeness (QED) is 0.555. The number of nitrogens with zero attached hydrogens (tertiary/aromatic N) is 2. The summed E-state index contributed by atoms with van der Waals surface area (Å²) in [4.78, 5) is 6.66. The minimum absolute atomic E-state index is 0.0278. The number of aromatic nitrogens is 1. The Bertz CT molecular complexity index is 476. The lowest BCUT2D eigenvalue weighted by molar-refractivity contribution is 0.0309. The highest BCUT2D eigenvalue weighted by Crippen LogP contribution is 2.36. The summed E-state index contributed by atoms with van der Waals surface area (Å²) in [6, 6.07) is 4.82. The van der Waals surface area contributed by atoms with Gasteiger partial charge in [-0.3, -0.25) is 15.3 Å². The molecule has 2 fully saturated rings. The molecule has 2 aliphatic heterocycles. The second-order valence-electron chi connectivity index (χ2n) is 5.61. The van der Waals surface area contributed by atoms with E-state index in [1.165, 1.54) is 0 Å². The highest BCUT2D eigenvalue weighted by atomic mass is 16.3. The zero-order valence-electron chi connectivity index (χ0n) is 10.9. The maximum Gasteiger partial charge on any atom is 0.142 e. The van der Waals surface area contributed by atoms with Crippen molar-refractivity contribution in [1.82, 2.24) is 9.88 Å². The van der Waals surface area contributed by atoms with Crippen LogP contribution in [0.5, 0.6) is 0 Å². The standard InChI is InChI=1S/C14H20N4O/c15-14(16)13-9(2-1-5-17-13)8-18-10-3-4-11(18)7-12(19)6-10/h1-2,5,10-12,19H,3-4,6-8H2,(H3,15,16). The second-order valence-corrected chi connectivity index (χ2v) is 5.61. The van der Waals surface area contributed by atoms with Gasteiger partial charge in [0.2, 0.25) is 0 Å². The van der Waals surface area contributed by atoms with Gasteiger partial charge in [0.1, 0.15) is 11.5 Å². The number of pyridine rings is 1. The Labute approximate surface area is 113 Å². The number of fused-ring (bicyclic) bond motifs is 2. The molecular weight excluding hydrogens is 240 g/mol. The van der Waals surface area contributed by atoms with E-state index in [1.807, 2.05) is 12.1 Å². The Hall–Kier alpha value is -1.46. The molecule has 0 aromatic carbocycles. The molecule has 5 heteroatoms. The molecule has 5 nitrogen and oxygen atoms in total. The molecule has 3 rings (SSSR count). The topological polar surface area (TPSA) is 86.2 Å². The first-order valence-corrected chi connectivity index (χ1v) is 6.87. The number of hydrogen-bond donors (Lipinski definition) is 3. The van der Waals surface area contributed by atoms with E-state index in [-0.39, 0.29) is 11.9 Å². The molecule has 4 N–H and O–H groups in total. The molecule has 2 unspecified atom stereocenters. The summed E-state index contributed by atoms with van der Waals surface area (Å²) in [6.45, 7) is 0.783. The van der Waals surface area contributed by atoms with E-state index in [0.29, 0.717) is 17.8 Å². The van der Waals surface area contributed by atoms with Crippen LogP contribution in [-0.2, 0) is 6.54 Å². The monoisotopic (exact) mass is 260 g/mol. The Morgan fingerprint density at radius 3 is 2.74 bits per heavy atom. The molecule has 2 aliphatic rings. The summed E-state index contributed by atoms with van der Waals surface area (Å²) in [5.41, 5.74) is 7.20. The first kappa shape index (κ1) is 12.6. The van der Waals surface area contributed by atoms with Gasteiger partial charge in [0.25, 0.3) is 0 Å². The summed E-state index contributed by atoms with van der Waals surface area (Å²) in [7, 11) is 0. The number of nitrogen functional groups attached to an aromatic ring is 1. The number of nitrogens with one attached hydrogen (secondary N) is 1. The van der Waals surface area contributed by atoms with Crippen molar-refractivity contribution in [2.45, 2.75) is 50.4 Å². The van der Waals surface area contributed by atoms with Gasteiger partial charge >= 0.3 is 0 Å². The lowest BCUT2D eigenvalue weighted by atomic mass is 9.99. The molecule has 2 saturated heterocycles. The van der Waals surface area contributed by atoms with Crippen LogP contribution < -0.4 is 5.73 Å². The highest BCUT2D eigenvalue weighted by Gasteiger charge is 2.40. The van der Waals surface area contributed by atoms with Gasteiger partial charge < -0.3 is 10.8 Å². The lowest BCUT2D eigenvalue weighted by Gasteiger charge is -2.37. The van der Waals surface area contributed by atoms with Crippen molar-refractivity contribution in [3.63, 3.8) is 0 Å². The maximum atomic E-state index is 9.82. The largest absolute Gasteiger partial charge is 0.393 e. The molecule has 0 amide bonds. The van der Waals surface area contributed by atoms with Gasteiger partial charge in [-0.2, -0.15) is 0 Å². The highest BCUT2D eigenvalue weighted by molar-refractivity contribution is 5.94. The van der Waals surface area contributed by atoms with Gasteiger partial charge in [-0.15, -0.1) is 0 Å². The van der Waals surface area contributed by atoms with E-state index in [1.54, 1.807) is 6.20 Å². The van der Waals surface area contributed by atoms with Crippen LogP contribution in [0.25, 0.3) is 0 Å². The third-order valence-corrected chi connectivity index (χ3v) is 4.36. The van der Waals surface area contributed by atoms with Gasteiger partial charge in [-0.05, 0) is 37.3 Å². The molecule has 2 atom stereocenters. The van der Waals surface area contributed by atoms with Crippen LogP contribution in [0.15, 0.2) is 18.3 Å². The molecule has 0 spiro atoms. The normalized spacial score (nSPS) is 30.5. The van der Waals surface area contributed by atoms with E-state index in [9.17, 15) is 5.11 Å². The molecule has 2 bridgehead atoms. The fourth-order valence-electron chi connectivity index (χ4n) is 3.51. The zero-order chi connectivity index (χ0) is 13.4. The first-order valence-electron chi connectivity index (χ1n) is 6.87. The van der Waals surface area contributed by atoms with Crippen LogP contribution in [0.4, 0.5) is 0 Å². The van der Waals surface area contributed by atoms with Crippen LogP contribution in [0, 0.1) is 5.41 Å². The van der Waals surface area contributed by atoms with Crippen molar-refractivity contribution in [3.8, 4) is 0 Å². The van der Waals surface area contributed by atoms with Crippen LogP contribution >= 0.6 is 0 Å². The molecule has 0 radical (unpaired) electrons. The first-order chi connectivity index (χ1) is 9.15. The molecule has 1 aromatic heterocycles. The molecule has 0 aliphatic carbocycles. The average molecular weight is 260 g/mol. The van der Waals surface area contributed by atoms with Crippen molar-refractivity contribution < 1.29 is 5.11 Å². The smallest absolute Gasteiger partial charge is 0.142 e. The van der Waals surface area contributed by atoms with Crippen molar-refractivity contribution >= 4 is 5.84 Å². The number of aliphatic hydroxyl groups excluding tert-OH is 1. The van der Waals surface area contributed by atoms with E-state index in [0.717, 1.165) is 37.8 Å². The SMILES string of the molecule is N=C(N)c1ncccc1CN1C2CCC1CC(O)C2. The molecular formula is C14H20N4O. The second kappa shape index (κ2) is 4.90. The number of aliphatic hydroxyl groups is 1. The summed E-state index contributed by atoms with van der Waals surface area (Å²) >= 11 is 0. The Morgan fingerprint density at radius 1 is 1.42 bits per heavy atom. The third kappa shape index (κ3) is 2.35. The molecule has 0 saturated carbocycles. The Balaban J connectivity index is 1.81. The van der Waals surface area contributed by atoms with Crippen molar-refractivity contribution in [3.05, 3.63) is 29.6 Å². The fourth-order valence-corrected chi connectivity index (χ4v) is 3.51. The van der Waals surface area contributed by atoms with Crippen LogP contribution in [0.1, 0.15) is 36.9 Å². The third-order valence-electron chi connectivity index (χ3n) is 4.36. The number of piperidine rings is 1. The summed E-state index contributed by atoms with van der Waals surface area (Å²) in [6.07, 6.45) is 5.59. The van der Waals surface area contributed by atoms with E-state index in [4.69, 9.17) is 11.1 Å². The van der Waals surface area contributed by atoms with Crippen LogP contribution in [-0.4, -0.2) is 39.0 Å². The van der Waals surface area contributed by atoms with Gasteiger partial charge in [-0.25, -0.2) is 0 Å². The minimum Gasteiger partial charge on any atom is -0.393 e. The maximum absolute atomic E-state index is 9.82. The Kier molecular flexibility index (Phi) is 3.24. The minimum atomic E-state index is -0.144. The predicted octanol–water partition coefficient (Wildman–Crippen LogP) is 0.853. The summed E-state index contributed by atoms with van der Waals surface area (Å²) in [5, 5.41) is 17.4. The molecule has 102 valence electrons. The molecule has 1 aromatic rings. The number of amidine groups is 1. The number of rotatable bonds is 3. The Morgan fingerprint density at radius 2 is 2.11 bits per heavy atom.